The SMILES string of the molecule is C.C.C.C.C.CCC1(CC)O[C@@H](n2ccc(=O)[nH]c2=O)[C@@H]2OC3(CCCC3)O[C@@H]21.O=C[C@H]1O[C@@H](n2ccc(=O)[nH]c2=O)[C@@H]2OC3(CCCC3)O[C@@H]21.O=c1ccn([C@@H]2OC(CO)(CO)[C@H]3OC4(CCCC4)O[C@@H]23)c(=O)[nH]1.O=c1ccn([C@@H]2O[C@H](CO)[C@@H](O)[C@H]2O)c(=O)[nH]1.O=c1ccn([C@@H]2O[C@H](CO)[C@H]3OC4(CCCC4)O[C@H]32)c(=O)[nH]1. The van der Waals surface area contributed by atoms with E-state index < -0.39 is 209 Å². The van der Waals surface area contributed by atoms with Crippen molar-refractivity contribution in [3.05, 3.63) is 166 Å². The van der Waals surface area contributed by atoms with Crippen LogP contribution in [0.1, 0.15) is 198 Å². The summed E-state index contributed by atoms with van der Waals surface area (Å²) in [7, 11) is 0. The summed E-state index contributed by atoms with van der Waals surface area (Å²) in [6.45, 7) is 2.50. The smallest absolute Gasteiger partial charge is 0.330 e. The predicted molar refractivity (Wildman–Crippen MR) is 398 cm³/mol. The predicted octanol–water partition coefficient (Wildman–Crippen LogP) is 0.0180. The molecule has 114 heavy (non-hydrogen) atoms. The normalized spacial score (nSPS) is 32.7. The minimum absolute atomic E-state index is 0. The van der Waals surface area contributed by atoms with E-state index in [1.54, 1.807) is 0 Å². The molecule has 4 saturated carbocycles. The zero-order valence-electron chi connectivity index (χ0n) is 59.5. The molecule has 4 spiro atoms. The maximum absolute atomic E-state index is 12.2. The number of aldehydes is 1. The van der Waals surface area contributed by atoms with E-state index in [2.05, 4.69) is 33.8 Å². The van der Waals surface area contributed by atoms with Gasteiger partial charge in [0.2, 0.25) is 0 Å². The molecule has 9 aliphatic heterocycles. The molecule has 5 aromatic heterocycles. The zero-order valence-corrected chi connectivity index (χ0v) is 59.5. The summed E-state index contributed by atoms with van der Waals surface area (Å²) in [6, 6.07) is 6.12. The Labute approximate surface area is 652 Å². The van der Waals surface area contributed by atoms with Crippen LogP contribution in [0.4, 0.5) is 0 Å². The standard InChI is InChI=1S/C17H24N2O5.C15H20N2O7.C14H18N2O6.C14H16N2O6.C9H12N2O6.5CH4/c1-3-16(4-2)13-12(22-17(23-13)8-5-6-9-17)14(24-16)19-10-7-11(20)18-15(19)21;18-7-14(8-19)11-10(22-15(23-11)4-1-2-5-15)12(24-14)17-6-3-9(20)16-13(17)21;2*17-7-8-10-11(22-14(21-10)4-1-2-5-14)12(20-8)16-6-3-9(18)15-13(16)19;12-3-4-6(14)7(15)8(17-4)11-2-1-5(13)10-9(11)16;;;;;/h7,10,12-14H,3-6,8-9H2,1-2H3,(H,18,20,21);3,6,10-12,18-19H,1-2,4-5,7-8H2,(H,16,20,21);3,6,8,10-12,17H,1-2,4-5,7H2,(H,15,18,19);3,6-8,10-12H,1-2,4-5H2,(H,15,18,19);1-2,4,6-8,12,14-15H,3H2,(H,10,13,16);5*1H4/t12-,13+,14-;10-,11+,12-;2*8-,10-,11-,12-;4-,6-,7-,8-;;;;;/m11111...../s1. The lowest BCUT2D eigenvalue weighted by molar-refractivity contribution is -0.245. The minimum Gasteiger partial charge on any atom is -0.394 e. The van der Waals surface area contributed by atoms with Crippen LogP contribution < -0.4 is 56.2 Å². The van der Waals surface area contributed by atoms with E-state index >= 15 is 0 Å². The summed E-state index contributed by atoms with van der Waals surface area (Å²) in [4.78, 5) is 138. The van der Waals surface area contributed by atoms with Crippen LogP contribution in [0.3, 0.4) is 0 Å². The van der Waals surface area contributed by atoms with Crippen molar-refractivity contribution in [3.8, 4) is 0 Å². The Bertz CT molecular complexity index is 4580. The molecule has 636 valence electrons. The highest BCUT2D eigenvalue weighted by Crippen LogP contribution is 2.56. The fraction of sp³-hybridized carbons (Fsp3) is 0.716. The second-order valence-electron chi connectivity index (χ2n) is 29.4. The first-order chi connectivity index (χ1) is 52.3. The monoisotopic (exact) mass is 1620 g/mol. The largest absolute Gasteiger partial charge is 0.394 e. The number of carbonyl (C=O) groups is 1. The highest BCUT2D eigenvalue weighted by molar-refractivity contribution is 5.58. The van der Waals surface area contributed by atoms with Crippen LogP contribution in [-0.4, -0.2) is 225 Å². The maximum atomic E-state index is 12.2. The number of fused-ring (bicyclic) bond motifs is 4. The minimum atomic E-state index is -1.36. The summed E-state index contributed by atoms with van der Waals surface area (Å²) in [6.07, 6.45) is 10.6. The molecule has 0 aromatic carbocycles. The average molecular weight is 1620 g/mol. The number of H-pyrrole nitrogens is 5. The van der Waals surface area contributed by atoms with Gasteiger partial charge in [-0.15, -0.1) is 0 Å². The molecule has 5 aromatic rings. The molecule has 13 fully saturated rings. The first kappa shape index (κ1) is 90.2. The Morgan fingerprint density at radius 1 is 0.360 bits per heavy atom. The third kappa shape index (κ3) is 16.8. The Hall–Kier alpha value is -7.69. The van der Waals surface area contributed by atoms with Gasteiger partial charge in [0.15, 0.2) is 60.6 Å². The van der Waals surface area contributed by atoms with Crippen molar-refractivity contribution in [1.82, 2.24) is 47.8 Å². The molecule has 14 heterocycles. The first-order valence-corrected chi connectivity index (χ1v) is 36.9. The lowest BCUT2D eigenvalue weighted by atomic mass is 9.90. The third-order valence-corrected chi connectivity index (χ3v) is 22.9. The number of nitrogens with one attached hydrogen (secondary N) is 5. The maximum Gasteiger partial charge on any atom is 0.330 e. The molecular weight excluding hydrogens is 1510 g/mol. The number of aliphatic hydroxyl groups is 6. The first-order valence-electron chi connectivity index (χ1n) is 36.9. The van der Waals surface area contributed by atoms with Crippen molar-refractivity contribution in [2.45, 2.75) is 311 Å². The number of rotatable bonds is 12. The number of ether oxygens (including phenoxy) is 13. The van der Waals surface area contributed by atoms with Crippen molar-refractivity contribution in [2.75, 3.05) is 26.4 Å². The Kier molecular flexibility index (Phi) is 28.5. The lowest BCUT2D eigenvalue weighted by Crippen LogP contribution is -2.49. The number of hydrogen-bond acceptors (Lipinski definition) is 30. The van der Waals surface area contributed by atoms with E-state index in [4.69, 9.17) is 66.7 Å². The molecule has 4 aliphatic carbocycles. The quantitative estimate of drug-likeness (QED) is 0.0733. The van der Waals surface area contributed by atoms with Gasteiger partial charge in [0.1, 0.15) is 85.0 Å². The Morgan fingerprint density at radius 2 is 0.649 bits per heavy atom. The van der Waals surface area contributed by atoms with Crippen LogP contribution in [0.5, 0.6) is 0 Å². The van der Waals surface area contributed by atoms with Gasteiger partial charge in [-0.2, -0.15) is 0 Å². The number of carbonyl (C=O) groups excluding carboxylic acids is 1. The van der Waals surface area contributed by atoms with E-state index in [0.29, 0.717) is 6.29 Å². The van der Waals surface area contributed by atoms with Gasteiger partial charge in [0.25, 0.3) is 27.8 Å². The highest BCUT2D eigenvalue weighted by Gasteiger charge is 2.68. The number of aromatic nitrogens is 10. The van der Waals surface area contributed by atoms with E-state index in [-0.39, 0.29) is 55.9 Å². The lowest BCUT2D eigenvalue weighted by Gasteiger charge is -2.34. The van der Waals surface area contributed by atoms with Crippen LogP contribution in [-0.2, 0) is 66.4 Å². The summed E-state index contributed by atoms with van der Waals surface area (Å²) in [5.41, 5.74) is -7.34. The van der Waals surface area contributed by atoms with Crippen molar-refractivity contribution < 1.29 is 97.0 Å². The van der Waals surface area contributed by atoms with Gasteiger partial charge < -0.3 is 97.0 Å². The van der Waals surface area contributed by atoms with Crippen molar-refractivity contribution in [3.63, 3.8) is 0 Å². The molecule has 9 saturated heterocycles. The van der Waals surface area contributed by atoms with Crippen molar-refractivity contribution >= 4 is 6.29 Å². The zero-order chi connectivity index (χ0) is 77.1. The van der Waals surface area contributed by atoms with Crippen LogP contribution >= 0.6 is 0 Å². The Balaban J connectivity index is 0.000000162. The van der Waals surface area contributed by atoms with E-state index in [0.717, 1.165) is 132 Å². The van der Waals surface area contributed by atoms with Gasteiger partial charge in [-0.25, -0.2) is 24.0 Å². The Morgan fingerprint density at radius 3 is 0.982 bits per heavy atom. The molecule has 0 unspecified atom stereocenters. The van der Waals surface area contributed by atoms with Crippen molar-refractivity contribution in [1.29, 1.82) is 0 Å². The average Bonchev–Trinajstić information content (AvgIpc) is 1.56. The summed E-state index contributed by atoms with van der Waals surface area (Å²) in [5, 5.41) is 57.2. The molecule has 0 radical (unpaired) electrons. The van der Waals surface area contributed by atoms with Gasteiger partial charge >= 0.3 is 28.4 Å². The molecule has 40 heteroatoms. The van der Waals surface area contributed by atoms with Crippen LogP contribution in [0.15, 0.2) is 109 Å². The van der Waals surface area contributed by atoms with E-state index in [1.807, 2.05) is 4.98 Å². The number of nitrogens with zero attached hydrogens (tertiary/aromatic N) is 5. The topological polar surface area (TPSA) is 533 Å². The fourth-order valence-electron chi connectivity index (χ4n) is 17.3. The third-order valence-electron chi connectivity index (χ3n) is 22.9. The summed E-state index contributed by atoms with van der Waals surface area (Å²) < 4.78 is 83.9. The van der Waals surface area contributed by atoms with Crippen molar-refractivity contribution in [2.24, 2.45) is 0 Å². The molecular formula is C74H110N10O30. The second kappa shape index (κ2) is 36.0. The molecule has 18 rings (SSSR count). The van der Waals surface area contributed by atoms with E-state index in [1.165, 1.54) is 67.3 Å². The molecule has 0 amide bonds. The highest BCUT2D eigenvalue weighted by atomic mass is 16.8. The van der Waals surface area contributed by atoms with Gasteiger partial charge in [0, 0.05) is 113 Å². The van der Waals surface area contributed by atoms with Crippen LogP contribution in [0.25, 0.3) is 0 Å². The van der Waals surface area contributed by atoms with Gasteiger partial charge in [-0.3, -0.25) is 71.7 Å². The van der Waals surface area contributed by atoms with Gasteiger partial charge in [-0.05, 0) is 64.2 Å². The van der Waals surface area contributed by atoms with E-state index in [9.17, 15) is 78.3 Å². The summed E-state index contributed by atoms with van der Waals surface area (Å²) in [5.74, 6) is -2.56. The fourth-order valence-corrected chi connectivity index (χ4v) is 17.3. The molecule has 11 N–H and O–H groups in total. The molecule has 13 aliphatic rings. The summed E-state index contributed by atoms with van der Waals surface area (Å²) >= 11 is 0. The number of aromatic amines is 5. The second-order valence-corrected chi connectivity index (χ2v) is 29.4. The van der Waals surface area contributed by atoms with Crippen LogP contribution in [0, 0.1) is 0 Å². The van der Waals surface area contributed by atoms with Gasteiger partial charge in [0.05, 0.1) is 32.0 Å². The molecule has 18 atom stereocenters. The van der Waals surface area contributed by atoms with Crippen LogP contribution in [0.2, 0.25) is 0 Å². The number of aliphatic hydroxyl groups excluding tert-OH is 6. The molecule has 0 bridgehead atoms. The molecule has 40 nitrogen and oxygen atoms in total. The number of hydrogen-bond donors (Lipinski definition) is 11. The van der Waals surface area contributed by atoms with Gasteiger partial charge in [-0.1, -0.05) is 51.0 Å².